The first kappa shape index (κ1) is 16.0. The second-order valence-electron chi connectivity index (χ2n) is 3.90. The fourth-order valence-electron chi connectivity index (χ4n) is 1.27. The third-order valence-corrected chi connectivity index (χ3v) is 3.03. The summed E-state index contributed by atoms with van der Waals surface area (Å²) >= 11 is 0. The van der Waals surface area contributed by atoms with Gasteiger partial charge in [0, 0.05) is 6.54 Å². The van der Waals surface area contributed by atoms with E-state index >= 15 is 0 Å². The molecule has 2 amide bonds. The van der Waals surface area contributed by atoms with Gasteiger partial charge in [-0.2, -0.15) is 8.42 Å². The van der Waals surface area contributed by atoms with Gasteiger partial charge in [0.15, 0.2) is 0 Å². The molecule has 0 aliphatic carbocycles. The van der Waals surface area contributed by atoms with E-state index in [9.17, 15) is 18.0 Å². The monoisotopic (exact) mass is 300 g/mol. The lowest BCUT2D eigenvalue weighted by Gasteiger charge is -2.08. The van der Waals surface area contributed by atoms with E-state index in [1.165, 1.54) is 12.1 Å². The van der Waals surface area contributed by atoms with Crippen LogP contribution < -0.4 is 10.0 Å². The highest BCUT2D eigenvalue weighted by Crippen LogP contribution is 2.03. The summed E-state index contributed by atoms with van der Waals surface area (Å²) in [6.07, 6.45) is 1.58. The van der Waals surface area contributed by atoms with Gasteiger partial charge < -0.3 is 9.50 Å². The molecule has 1 rings (SSSR count). The molecule has 0 bridgehead atoms. The quantitative estimate of drug-likeness (QED) is 0.768. The first-order valence-corrected chi connectivity index (χ1v) is 7.45. The van der Waals surface area contributed by atoms with Gasteiger partial charge in [0.05, 0.1) is 5.56 Å². The number of carbonyl (C=O) groups is 2. The highest BCUT2D eigenvalue weighted by Gasteiger charge is 2.20. The fourth-order valence-corrected chi connectivity index (χ4v) is 1.91. The normalized spacial score (nSPS) is 10.7. The summed E-state index contributed by atoms with van der Waals surface area (Å²) in [5.41, 5.74) is 0.0734. The Morgan fingerprint density at radius 3 is 2.45 bits per heavy atom. The number of carbonyl (C=O) groups excluding carboxylic acids is 2. The van der Waals surface area contributed by atoms with Crippen LogP contribution in [0.15, 0.2) is 30.3 Å². The van der Waals surface area contributed by atoms with E-state index in [2.05, 4.69) is 9.50 Å². The van der Waals surface area contributed by atoms with Gasteiger partial charge in [-0.3, -0.25) is 0 Å². The SMILES string of the molecule is CCCCNC(=O)NS(=O)(=O)OC(=O)c1ccccc1. The molecule has 8 heteroatoms. The Hall–Kier alpha value is -2.09. The van der Waals surface area contributed by atoms with E-state index in [0.29, 0.717) is 6.54 Å². The average molecular weight is 300 g/mol. The Morgan fingerprint density at radius 2 is 1.85 bits per heavy atom. The molecule has 0 aliphatic rings. The van der Waals surface area contributed by atoms with Crippen LogP contribution in [-0.2, 0) is 14.5 Å². The second-order valence-corrected chi connectivity index (χ2v) is 5.18. The van der Waals surface area contributed by atoms with Crippen molar-refractivity contribution < 1.29 is 22.2 Å². The Morgan fingerprint density at radius 1 is 1.20 bits per heavy atom. The largest absolute Gasteiger partial charge is 0.413 e. The minimum atomic E-state index is -4.48. The van der Waals surface area contributed by atoms with Crippen molar-refractivity contribution in [3.05, 3.63) is 35.9 Å². The van der Waals surface area contributed by atoms with E-state index in [0.717, 1.165) is 12.8 Å². The summed E-state index contributed by atoms with van der Waals surface area (Å²) in [5, 5.41) is 2.33. The first-order chi connectivity index (χ1) is 9.44. The first-order valence-electron chi connectivity index (χ1n) is 6.04. The molecule has 0 atom stereocenters. The van der Waals surface area contributed by atoms with Crippen molar-refractivity contribution in [3.8, 4) is 0 Å². The summed E-state index contributed by atoms with van der Waals surface area (Å²) < 4.78 is 28.7. The Labute approximate surface area is 117 Å². The van der Waals surface area contributed by atoms with Crippen LogP contribution in [0.2, 0.25) is 0 Å². The molecule has 7 nitrogen and oxygen atoms in total. The van der Waals surface area contributed by atoms with Crippen molar-refractivity contribution in [2.75, 3.05) is 6.54 Å². The van der Waals surface area contributed by atoms with Crippen molar-refractivity contribution >= 4 is 22.3 Å². The zero-order valence-corrected chi connectivity index (χ0v) is 11.8. The Kier molecular flexibility index (Phi) is 5.98. The predicted octanol–water partition coefficient (Wildman–Crippen LogP) is 1.19. The lowest BCUT2D eigenvalue weighted by atomic mass is 10.2. The second kappa shape index (κ2) is 7.49. The van der Waals surface area contributed by atoms with Crippen LogP contribution in [0.4, 0.5) is 4.79 Å². The van der Waals surface area contributed by atoms with Gasteiger partial charge in [-0.1, -0.05) is 31.5 Å². The minimum absolute atomic E-state index is 0.0734. The van der Waals surface area contributed by atoms with E-state index in [-0.39, 0.29) is 5.56 Å². The average Bonchev–Trinajstić information content (AvgIpc) is 2.38. The smallest absolute Gasteiger partial charge is 0.337 e. The Balaban J connectivity index is 2.53. The molecule has 0 saturated heterocycles. The molecular formula is C12H16N2O5S. The maximum absolute atomic E-state index is 11.5. The molecule has 0 unspecified atom stereocenters. The van der Waals surface area contributed by atoms with E-state index in [4.69, 9.17) is 0 Å². The number of hydrogen-bond acceptors (Lipinski definition) is 5. The highest BCUT2D eigenvalue weighted by molar-refractivity contribution is 7.85. The van der Waals surface area contributed by atoms with Crippen molar-refractivity contribution in [2.45, 2.75) is 19.8 Å². The van der Waals surface area contributed by atoms with Gasteiger partial charge in [0.1, 0.15) is 0 Å². The number of nitrogens with one attached hydrogen (secondary N) is 2. The summed E-state index contributed by atoms with van der Waals surface area (Å²) in [5.74, 6) is -1.06. The number of unbranched alkanes of at least 4 members (excludes halogenated alkanes) is 1. The number of amides is 2. The van der Waals surface area contributed by atoms with Gasteiger partial charge in [-0.05, 0) is 18.6 Å². The molecule has 0 fully saturated rings. The molecule has 1 aromatic rings. The van der Waals surface area contributed by atoms with Gasteiger partial charge in [-0.15, -0.1) is 0 Å². The van der Waals surface area contributed by atoms with Crippen LogP contribution in [0.25, 0.3) is 0 Å². The number of rotatable bonds is 6. The summed E-state index contributed by atoms with van der Waals surface area (Å²) in [7, 11) is -4.48. The van der Waals surface area contributed by atoms with Gasteiger partial charge in [0.25, 0.3) is 0 Å². The molecule has 110 valence electrons. The summed E-state index contributed by atoms with van der Waals surface area (Å²) in [4.78, 5) is 22.8. The predicted molar refractivity (Wildman–Crippen MR) is 72.2 cm³/mol. The van der Waals surface area contributed by atoms with Gasteiger partial charge in [0.2, 0.25) is 0 Å². The van der Waals surface area contributed by atoms with Gasteiger partial charge >= 0.3 is 22.3 Å². The van der Waals surface area contributed by atoms with Crippen molar-refractivity contribution in [1.82, 2.24) is 10.0 Å². The third-order valence-electron chi connectivity index (χ3n) is 2.23. The molecule has 0 heterocycles. The molecule has 0 aliphatic heterocycles. The zero-order valence-electron chi connectivity index (χ0n) is 11.0. The summed E-state index contributed by atoms with van der Waals surface area (Å²) in [6, 6.07) is 6.67. The van der Waals surface area contributed by atoms with Crippen molar-refractivity contribution in [2.24, 2.45) is 0 Å². The molecule has 0 radical (unpaired) electrons. The van der Waals surface area contributed by atoms with E-state index in [1.807, 2.05) is 6.92 Å². The van der Waals surface area contributed by atoms with Crippen LogP contribution in [0.1, 0.15) is 30.1 Å². The molecular weight excluding hydrogens is 284 g/mol. The number of urea groups is 1. The standard InChI is InChI=1S/C12H16N2O5S/c1-2-3-9-13-12(16)14-20(17,18)19-11(15)10-7-5-4-6-8-10/h4-8H,2-3,9H2,1H3,(H2,13,14,16). The van der Waals surface area contributed by atoms with Crippen molar-refractivity contribution in [3.63, 3.8) is 0 Å². The molecule has 1 aromatic carbocycles. The highest BCUT2D eigenvalue weighted by atomic mass is 32.2. The lowest BCUT2D eigenvalue weighted by molar-refractivity contribution is 0.0745. The topological polar surface area (TPSA) is 102 Å². The van der Waals surface area contributed by atoms with Gasteiger partial charge in [-0.25, -0.2) is 14.3 Å². The Bertz CT molecular complexity index is 556. The zero-order chi connectivity index (χ0) is 15.0. The van der Waals surface area contributed by atoms with Crippen molar-refractivity contribution in [1.29, 1.82) is 0 Å². The number of benzene rings is 1. The maximum atomic E-state index is 11.5. The molecule has 2 N–H and O–H groups in total. The number of hydrogen-bond donors (Lipinski definition) is 2. The molecule has 0 saturated carbocycles. The van der Waals surface area contributed by atoms with Crippen LogP contribution >= 0.6 is 0 Å². The summed E-state index contributed by atoms with van der Waals surface area (Å²) in [6.45, 7) is 2.27. The third kappa shape index (κ3) is 5.70. The molecule has 0 spiro atoms. The maximum Gasteiger partial charge on any atom is 0.413 e. The lowest BCUT2D eigenvalue weighted by Crippen LogP contribution is -2.41. The van der Waals surface area contributed by atoms with E-state index in [1.54, 1.807) is 22.9 Å². The van der Waals surface area contributed by atoms with Crippen LogP contribution in [-0.4, -0.2) is 27.0 Å². The fraction of sp³-hybridized carbons (Fsp3) is 0.333. The van der Waals surface area contributed by atoms with Crippen LogP contribution in [0.3, 0.4) is 0 Å². The van der Waals surface area contributed by atoms with Crippen LogP contribution in [0, 0.1) is 0 Å². The van der Waals surface area contributed by atoms with Crippen LogP contribution in [0.5, 0.6) is 0 Å². The minimum Gasteiger partial charge on any atom is -0.337 e. The molecule has 0 aromatic heterocycles. The molecule has 20 heavy (non-hydrogen) atoms. The van der Waals surface area contributed by atoms with E-state index < -0.39 is 22.3 Å².